The lowest BCUT2D eigenvalue weighted by atomic mass is 10.2. The van der Waals surface area contributed by atoms with E-state index in [4.69, 9.17) is 4.74 Å². The number of carbonyl (C=O) groups excluding carboxylic acids is 1. The van der Waals surface area contributed by atoms with Gasteiger partial charge in [0.15, 0.2) is 0 Å². The summed E-state index contributed by atoms with van der Waals surface area (Å²) < 4.78 is 5.26. The molecule has 0 aliphatic heterocycles. The first-order valence-electron chi connectivity index (χ1n) is 5.85. The molecule has 1 rings (SSSR count). The first-order chi connectivity index (χ1) is 8.19. The molecule has 0 fully saturated rings. The van der Waals surface area contributed by atoms with Crippen molar-refractivity contribution in [2.45, 2.75) is 18.7 Å². The Hall–Kier alpha value is -1.00. The maximum Gasteiger partial charge on any atom is 0.253 e. The van der Waals surface area contributed by atoms with Gasteiger partial charge in [-0.1, -0.05) is 0 Å². The van der Waals surface area contributed by atoms with Gasteiger partial charge < -0.3 is 9.64 Å². The first-order valence-corrected chi connectivity index (χ1v) is 6.29. The lowest BCUT2D eigenvalue weighted by Gasteiger charge is -2.20. The van der Waals surface area contributed by atoms with Crippen molar-refractivity contribution in [3.8, 4) is 0 Å². The van der Waals surface area contributed by atoms with Gasteiger partial charge in [0.2, 0.25) is 0 Å². The second-order valence-corrected chi connectivity index (χ2v) is 4.15. The van der Waals surface area contributed by atoms with Crippen molar-refractivity contribution in [2.75, 3.05) is 26.3 Å². The van der Waals surface area contributed by atoms with E-state index >= 15 is 0 Å². The SMILES string of the molecule is CCOCCN(CC)C(=O)c1ccc(S)cc1. The summed E-state index contributed by atoms with van der Waals surface area (Å²) in [5.74, 6) is 0.0422. The monoisotopic (exact) mass is 253 g/mol. The minimum absolute atomic E-state index is 0.0422. The maximum absolute atomic E-state index is 12.1. The molecule has 4 heteroatoms. The van der Waals surface area contributed by atoms with E-state index in [-0.39, 0.29) is 5.91 Å². The quantitative estimate of drug-likeness (QED) is 0.623. The fourth-order valence-electron chi connectivity index (χ4n) is 1.51. The average Bonchev–Trinajstić information content (AvgIpc) is 2.35. The molecule has 0 aromatic heterocycles. The van der Waals surface area contributed by atoms with Crippen LogP contribution in [0.25, 0.3) is 0 Å². The summed E-state index contributed by atoms with van der Waals surface area (Å²) in [4.78, 5) is 14.8. The van der Waals surface area contributed by atoms with Crippen LogP contribution in [-0.2, 0) is 4.74 Å². The van der Waals surface area contributed by atoms with Crippen molar-refractivity contribution < 1.29 is 9.53 Å². The van der Waals surface area contributed by atoms with Crippen molar-refractivity contribution in [3.05, 3.63) is 29.8 Å². The highest BCUT2D eigenvalue weighted by atomic mass is 32.1. The lowest BCUT2D eigenvalue weighted by molar-refractivity contribution is 0.0669. The van der Waals surface area contributed by atoms with E-state index in [2.05, 4.69) is 12.6 Å². The second kappa shape index (κ2) is 7.35. The van der Waals surface area contributed by atoms with Gasteiger partial charge in [-0.25, -0.2) is 0 Å². The molecule has 0 aliphatic carbocycles. The Morgan fingerprint density at radius 3 is 2.47 bits per heavy atom. The van der Waals surface area contributed by atoms with Gasteiger partial charge in [-0.3, -0.25) is 4.79 Å². The number of likely N-dealkylation sites (N-methyl/N-ethyl adjacent to an activating group) is 1. The third-order valence-corrected chi connectivity index (χ3v) is 2.79. The predicted molar refractivity (Wildman–Crippen MR) is 71.8 cm³/mol. The average molecular weight is 253 g/mol. The van der Waals surface area contributed by atoms with E-state index in [1.165, 1.54) is 0 Å². The van der Waals surface area contributed by atoms with Crippen molar-refractivity contribution in [1.82, 2.24) is 4.90 Å². The summed E-state index contributed by atoms with van der Waals surface area (Å²) >= 11 is 4.20. The van der Waals surface area contributed by atoms with Gasteiger partial charge in [-0.15, -0.1) is 12.6 Å². The van der Waals surface area contributed by atoms with E-state index < -0.39 is 0 Å². The number of hydrogen-bond acceptors (Lipinski definition) is 3. The number of hydrogen-bond donors (Lipinski definition) is 1. The summed E-state index contributed by atoms with van der Waals surface area (Å²) in [5.41, 5.74) is 0.696. The summed E-state index contributed by atoms with van der Waals surface area (Å²) in [5, 5.41) is 0. The number of nitrogens with zero attached hydrogens (tertiary/aromatic N) is 1. The zero-order chi connectivity index (χ0) is 12.7. The topological polar surface area (TPSA) is 29.5 Å². The highest BCUT2D eigenvalue weighted by Crippen LogP contribution is 2.10. The van der Waals surface area contributed by atoms with Crippen LogP contribution in [0, 0.1) is 0 Å². The summed E-state index contributed by atoms with van der Waals surface area (Å²) in [6.07, 6.45) is 0. The van der Waals surface area contributed by atoms with Crippen molar-refractivity contribution in [2.24, 2.45) is 0 Å². The molecule has 1 aromatic rings. The molecule has 0 N–H and O–H groups in total. The van der Waals surface area contributed by atoms with E-state index in [0.717, 1.165) is 4.90 Å². The molecule has 0 atom stereocenters. The molecule has 0 unspecified atom stereocenters. The molecular weight excluding hydrogens is 234 g/mol. The normalized spacial score (nSPS) is 10.3. The molecule has 17 heavy (non-hydrogen) atoms. The van der Waals surface area contributed by atoms with Crippen LogP contribution in [0.1, 0.15) is 24.2 Å². The highest BCUT2D eigenvalue weighted by molar-refractivity contribution is 7.80. The van der Waals surface area contributed by atoms with Crippen LogP contribution < -0.4 is 0 Å². The van der Waals surface area contributed by atoms with Crippen LogP contribution in [-0.4, -0.2) is 37.1 Å². The van der Waals surface area contributed by atoms with Gasteiger partial charge in [-0.2, -0.15) is 0 Å². The molecular formula is C13H19NO2S. The molecule has 94 valence electrons. The molecule has 0 radical (unpaired) electrons. The Bertz CT molecular complexity index is 351. The summed E-state index contributed by atoms with van der Waals surface area (Å²) in [6, 6.07) is 7.25. The van der Waals surface area contributed by atoms with E-state index in [0.29, 0.717) is 31.9 Å². The number of rotatable bonds is 6. The molecule has 0 saturated heterocycles. The zero-order valence-corrected chi connectivity index (χ0v) is 11.2. The Morgan fingerprint density at radius 1 is 1.29 bits per heavy atom. The van der Waals surface area contributed by atoms with Crippen LogP contribution in [0.15, 0.2) is 29.2 Å². The van der Waals surface area contributed by atoms with Crippen LogP contribution >= 0.6 is 12.6 Å². The maximum atomic E-state index is 12.1. The minimum Gasteiger partial charge on any atom is -0.380 e. The summed E-state index contributed by atoms with van der Waals surface area (Å²) in [7, 11) is 0. The van der Waals surface area contributed by atoms with Crippen molar-refractivity contribution >= 4 is 18.5 Å². The molecule has 0 saturated carbocycles. The third-order valence-electron chi connectivity index (χ3n) is 2.49. The van der Waals surface area contributed by atoms with Gasteiger partial charge >= 0.3 is 0 Å². The number of amides is 1. The lowest BCUT2D eigenvalue weighted by Crippen LogP contribution is -2.33. The van der Waals surface area contributed by atoms with Crippen LogP contribution in [0.2, 0.25) is 0 Å². The first kappa shape index (κ1) is 14.1. The second-order valence-electron chi connectivity index (χ2n) is 3.63. The largest absolute Gasteiger partial charge is 0.380 e. The standard InChI is InChI=1S/C13H19NO2S/c1-3-14(9-10-16-4-2)13(15)11-5-7-12(17)8-6-11/h5-8,17H,3-4,9-10H2,1-2H3. The van der Waals surface area contributed by atoms with Gasteiger partial charge in [0.1, 0.15) is 0 Å². The smallest absolute Gasteiger partial charge is 0.253 e. The Morgan fingerprint density at radius 2 is 1.94 bits per heavy atom. The molecule has 0 spiro atoms. The van der Waals surface area contributed by atoms with Gasteiger partial charge in [0.05, 0.1) is 6.61 Å². The van der Waals surface area contributed by atoms with Crippen LogP contribution in [0.3, 0.4) is 0 Å². The van der Waals surface area contributed by atoms with E-state index in [1.54, 1.807) is 17.0 Å². The fourth-order valence-corrected chi connectivity index (χ4v) is 1.66. The van der Waals surface area contributed by atoms with Crippen LogP contribution in [0.4, 0.5) is 0 Å². The Labute approximate surface area is 108 Å². The number of benzene rings is 1. The molecule has 0 bridgehead atoms. The van der Waals surface area contributed by atoms with Crippen molar-refractivity contribution in [3.63, 3.8) is 0 Å². The fraction of sp³-hybridized carbons (Fsp3) is 0.462. The van der Waals surface area contributed by atoms with E-state index in [9.17, 15) is 4.79 Å². The molecule has 0 aliphatic rings. The molecule has 3 nitrogen and oxygen atoms in total. The zero-order valence-electron chi connectivity index (χ0n) is 10.3. The number of thiol groups is 1. The molecule has 0 heterocycles. The highest BCUT2D eigenvalue weighted by Gasteiger charge is 2.13. The van der Waals surface area contributed by atoms with E-state index in [1.807, 2.05) is 26.0 Å². The number of ether oxygens (including phenoxy) is 1. The van der Waals surface area contributed by atoms with Gasteiger partial charge in [0, 0.05) is 30.2 Å². The molecule has 1 aromatic carbocycles. The van der Waals surface area contributed by atoms with Gasteiger partial charge in [0.25, 0.3) is 5.91 Å². The minimum atomic E-state index is 0.0422. The van der Waals surface area contributed by atoms with Gasteiger partial charge in [-0.05, 0) is 38.1 Å². The third kappa shape index (κ3) is 4.40. The predicted octanol–water partition coefficient (Wildman–Crippen LogP) is 2.47. The van der Waals surface area contributed by atoms with Crippen LogP contribution in [0.5, 0.6) is 0 Å². The summed E-state index contributed by atoms with van der Waals surface area (Å²) in [6.45, 7) is 6.50. The molecule has 1 amide bonds. The van der Waals surface area contributed by atoms with Crippen molar-refractivity contribution in [1.29, 1.82) is 0 Å². The Kier molecular flexibility index (Phi) is 6.08. The number of carbonyl (C=O) groups is 1. The Balaban J connectivity index is 2.62.